The summed E-state index contributed by atoms with van der Waals surface area (Å²) < 4.78 is 44.6. The van der Waals surface area contributed by atoms with Crippen molar-refractivity contribution in [1.29, 1.82) is 0 Å². The van der Waals surface area contributed by atoms with Crippen molar-refractivity contribution < 1.29 is 17.9 Å². The van der Waals surface area contributed by atoms with Crippen molar-refractivity contribution in [2.45, 2.75) is 31.4 Å². The standard InChI is InChI=1S/C18H18F3NO/c19-18(20,21)16-6-1-2-7-17(16)23-14-8-9-15-12(10-14)4-3-5-13(15)11-22/h1-2,6-10,13H,3-5,11,22H2. The van der Waals surface area contributed by atoms with E-state index in [1.54, 1.807) is 6.07 Å². The van der Waals surface area contributed by atoms with E-state index in [9.17, 15) is 13.2 Å². The highest BCUT2D eigenvalue weighted by Crippen LogP contribution is 2.39. The monoisotopic (exact) mass is 321 g/mol. The van der Waals surface area contributed by atoms with E-state index in [1.165, 1.54) is 23.8 Å². The van der Waals surface area contributed by atoms with Crippen LogP contribution in [0.1, 0.15) is 35.4 Å². The molecule has 1 unspecified atom stereocenters. The SMILES string of the molecule is NCC1CCCc2cc(Oc3ccccc3C(F)(F)F)ccc21. The molecule has 1 aliphatic rings. The maximum atomic E-state index is 13.0. The van der Waals surface area contributed by atoms with Gasteiger partial charge in [-0.25, -0.2) is 0 Å². The number of fused-ring (bicyclic) bond motifs is 1. The van der Waals surface area contributed by atoms with Gasteiger partial charge in [-0.2, -0.15) is 13.2 Å². The minimum absolute atomic E-state index is 0.175. The molecular weight excluding hydrogens is 303 g/mol. The molecule has 0 fully saturated rings. The molecular formula is C18H18F3NO. The van der Waals surface area contributed by atoms with Crippen LogP contribution < -0.4 is 10.5 Å². The maximum absolute atomic E-state index is 13.0. The van der Waals surface area contributed by atoms with Gasteiger partial charge in [0.1, 0.15) is 11.5 Å². The van der Waals surface area contributed by atoms with Crippen molar-refractivity contribution in [3.8, 4) is 11.5 Å². The van der Waals surface area contributed by atoms with Gasteiger partial charge < -0.3 is 10.5 Å². The highest BCUT2D eigenvalue weighted by Gasteiger charge is 2.34. The summed E-state index contributed by atoms with van der Waals surface area (Å²) in [5.41, 5.74) is 7.33. The van der Waals surface area contributed by atoms with Gasteiger partial charge in [0.2, 0.25) is 0 Å². The minimum atomic E-state index is -4.44. The van der Waals surface area contributed by atoms with Gasteiger partial charge in [0.25, 0.3) is 0 Å². The third-order valence-corrected chi connectivity index (χ3v) is 4.26. The molecule has 2 aromatic carbocycles. The zero-order chi connectivity index (χ0) is 16.4. The number of para-hydroxylation sites is 1. The van der Waals surface area contributed by atoms with E-state index in [0.717, 1.165) is 30.9 Å². The Bertz CT molecular complexity index is 697. The number of alkyl halides is 3. The number of halogens is 3. The first kappa shape index (κ1) is 15.9. The predicted octanol–water partition coefficient (Wildman–Crippen LogP) is 4.88. The van der Waals surface area contributed by atoms with Gasteiger partial charge in [0.05, 0.1) is 5.56 Å². The summed E-state index contributed by atoms with van der Waals surface area (Å²) in [5, 5.41) is 0. The zero-order valence-corrected chi connectivity index (χ0v) is 12.6. The first-order valence-electron chi connectivity index (χ1n) is 7.66. The second-order valence-corrected chi connectivity index (χ2v) is 5.78. The Balaban J connectivity index is 1.90. The van der Waals surface area contributed by atoms with Gasteiger partial charge in [-0.1, -0.05) is 18.2 Å². The second-order valence-electron chi connectivity index (χ2n) is 5.78. The number of ether oxygens (including phenoxy) is 1. The Morgan fingerprint density at radius 3 is 2.65 bits per heavy atom. The molecule has 0 aliphatic heterocycles. The lowest BCUT2D eigenvalue weighted by atomic mass is 9.83. The van der Waals surface area contributed by atoms with Crippen molar-refractivity contribution >= 4 is 0 Å². The van der Waals surface area contributed by atoms with Crippen molar-refractivity contribution in [3.05, 3.63) is 59.2 Å². The molecule has 3 rings (SSSR count). The summed E-state index contributed by atoms with van der Waals surface area (Å²) in [4.78, 5) is 0. The smallest absolute Gasteiger partial charge is 0.419 e. The van der Waals surface area contributed by atoms with E-state index in [2.05, 4.69) is 0 Å². The van der Waals surface area contributed by atoms with Crippen molar-refractivity contribution in [2.75, 3.05) is 6.54 Å². The van der Waals surface area contributed by atoms with Crippen LogP contribution in [0.15, 0.2) is 42.5 Å². The quantitative estimate of drug-likeness (QED) is 0.875. The van der Waals surface area contributed by atoms with Crippen LogP contribution in [-0.2, 0) is 12.6 Å². The van der Waals surface area contributed by atoms with Gasteiger partial charge >= 0.3 is 6.18 Å². The summed E-state index contributed by atoms with van der Waals surface area (Å²) in [7, 11) is 0. The Kier molecular flexibility index (Phi) is 4.31. The van der Waals surface area contributed by atoms with Crippen LogP contribution >= 0.6 is 0 Å². The molecule has 0 heterocycles. The Morgan fingerprint density at radius 2 is 1.91 bits per heavy atom. The number of rotatable bonds is 3. The molecule has 122 valence electrons. The molecule has 0 amide bonds. The fraction of sp³-hybridized carbons (Fsp3) is 0.333. The summed E-state index contributed by atoms with van der Waals surface area (Å²) in [6.07, 6.45) is -1.43. The molecule has 23 heavy (non-hydrogen) atoms. The summed E-state index contributed by atoms with van der Waals surface area (Å²) >= 11 is 0. The third-order valence-electron chi connectivity index (χ3n) is 4.26. The maximum Gasteiger partial charge on any atom is 0.419 e. The Labute approximate surface area is 133 Å². The fourth-order valence-corrected chi connectivity index (χ4v) is 3.12. The molecule has 0 aromatic heterocycles. The topological polar surface area (TPSA) is 35.2 Å². The molecule has 0 spiro atoms. The molecule has 5 heteroatoms. The molecule has 2 nitrogen and oxygen atoms in total. The van der Waals surface area contributed by atoms with E-state index in [-0.39, 0.29) is 5.75 Å². The van der Waals surface area contributed by atoms with Gasteiger partial charge in [-0.15, -0.1) is 0 Å². The Morgan fingerprint density at radius 1 is 1.13 bits per heavy atom. The second kappa shape index (κ2) is 6.24. The predicted molar refractivity (Wildman–Crippen MR) is 82.7 cm³/mol. The normalized spacial score (nSPS) is 17.7. The van der Waals surface area contributed by atoms with Crippen LogP contribution in [0, 0.1) is 0 Å². The highest BCUT2D eigenvalue weighted by atomic mass is 19.4. The molecule has 1 aliphatic carbocycles. The van der Waals surface area contributed by atoms with Gasteiger partial charge in [-0.05, 0) is 67.1 Å². The summed E-state index contributed by atoms with van der Waals surface area (Å²) in [5.74, 6) is 0.583. The van der Waals surface area contributed by atoms with E-state index < -0.39 is 11.7 Å². The lowest BCUT2D eigenvalue weighted by Crippen LogP contribution is -2.18. The molecule has 0 saturated carbocycles. The number of hydrogen-bond acceptors (Lipinski definition) is 2. The number of aryl methyl sites for hydroxylation is 1. The number of hydrogen-bond donors (Lipinski definition) is 1. The zero-order valence-electron chi connectivity index (χ0n) is 12.6. The van der Waals surface area contributed by atoms with Crippen LogP contribution in [0.2, 0.25) is 0 Å². The lowest BCUT2D eigenvalue weighted by Gasteiger charge is -2.25. The van der Waals surface area contributed by atoms with Crippen LogP contribution in [0.5, 0.6) is 11.5 Å². The molecule has 0 bridgehead atoms. The molecule has 2 aromatic rings. The van der Waals surface area contributed by atoms with Crippen LogP contribution in [-0.4, -0.2) is 6.54 Å². The highest BCUT2D eigenvalue weighted by molar-refractivity contribution is 5.44. The van der Waals surface area contributed by atoms with Crippen molar-refractivity contribution in [1.82, 2.24) is 0 Å². The average molecular weight is 321 g/mol. The number of benzene rings is 2. The van der Waals surface area contributed by atoms with Gasteiger partial charge in [-0.3, -0.25) is 0 Å². The molecule has 0 radical (unpaired) electrons. The Hall–Kier alpha value is -2.01. The largest absolute Gasteiger partial charge is 0.457 e. The van der Waals surface area contributed by atoms with Crippen LogP contribution in [0.3, 0.4) is 0 Å². The minimum Gasteiger partial charge on any atom is -0.457 e. The van der Waals surface area contributed by atoms with Crippen molar-refractivity contribution in [3.63, 3.8) is 0 Å². The molecule has 1 atom stereocenters. The first-order chi connectivity index (χ1) is 11.0. The average Bonchev–Trinajstić information content (AvgIpc) is 2.53. The van der Waals surface area contributed by atoms with Crippen molar-refractivity contribution in [2.24, 2.45) is 5.73 Å². The molecule has 2 N–H and O–H groups in total. The lowest BCUT2D eigenvalue weighted by molar-refractivity contribution is -0.138. The van der Waals surface area contributed by atoms with Gasteiger partial charge in [0, 0.05) is 0 Å². The fourth-order valence-electron chi connectivity index (χ4n) is 3.12. The van der Waals surface area contributed by atoms with E-state index in [1.807, 2.05) is 12.1 Å². The summed E-state index contributed by atoms with van der Waals surface area (Å²) in [6, 6.07) is 10.7. The third kappa shape index (κ3) is 3.34. The van der Waals surface area contributed by atoms with E-state index in [0.29, 0.717) is 18.2 Å². The summed E-state index contributed by atoms with van der Waals surface area (Å²) in [6.45, 7) is 0.587. The van der Waals surface area contributed by atoms with E-state index >= 15 is 0 Å². The van der Waals surface area contributed by atoms with Crippen LogP contribution in [0.25, 0.3) is 0 Å². The number of nitrogens with two attached hydrogens (primary N) is 1. The van der Waals surface area contributed by atoms with Crippen LogP contribution in [0.4, 0.5) is 13.2 Å². The molecule has 0 saturated heterocycles. The van der Waals surface area contributed by atoms with E-state index in [4.69, 9.17) is 10.5 Å². The first-order valence-corrected chi connectivity index (χ1v) is 7.66. The van der Waals surface area contributed by atoms with Gasteiger partial charge in [0.15, 0.2) is 0 Å².